The summed E-state index contributed by atoms with van der Waals surface area (Å²) in [6, 6.07) is 5.47. The van der Waals surface area contributed by atoms with E-state index in [1.807, 2.05) is 13.1 Å². The maximum Gasteiger partial charge on any atom is 0.146 e. The minimum atomic E-state index is -0.129. The molecule has 1 N–H and O–H groups in total. The molecule has 0 bridgehead atoms. The van der Waals surface area contributed by atoms with Gasteiger partial charge in [-0.25, -0.2) is 4.39 Å². The third kappa shape index (κ3) is 3.07. The molecule has 1 saturated heterocycles. The molecular formula is C15H23FN2O. The summed E-state index contributed by atoms with van der Waals surface area (Å²) in [5.74, 6) is -0.129. The molecule has 0 amide bonds. The summed E-state index contributed by atoms with van der Waals surface area (Å²) in [6.07, 6.45) is 2.23. The first kappa shape index (κ1) is 14.3. The minimum absolute atomic E-state index is 0.129. The number of hydrogen-bond acceptors (Lipinski definition) is 3. The molecule has 4 heteroatoms. The van der Waals surface area contributed by atoms with Gasteiger partial charge in [0, 0.05) is 26.2 Å². The maximum atomic E-state index is 14.2. The Bertz CT molecular complexity index is 417. The van der Waals surface area contributed by atoms with E-state index in [0.717, 1.165) is 37.2 Å². The molecular weight excluding hydrogens is 243 g/mol. The van der Waals surface area contributed by atoms with Crippen LogP contribution in [0.2, 0.25) is 0 Å². The van der Waals surface area contributed by atoms with E-state index < -0.39 is 0 Å². The lowest BCUT2D eigenvalue weighted by molar-refractivity contribution is 0.0817. The van der Waals surface area contributed by atoms with Crippen LogP contribution in [-0.4, -0.2) is 33.4 Å². The second-order valence-electron chi connectivity index (χ2n) is 5.11. The topological polar surface area (TPSA) is 24.5 Å². The summed E-state index contributed by atoms with van der Waals surface area (Å²) < 4.78 is 19.6. The van der Waals surface area contributed by atoms with Gasteiger partial charge in [-0.1, -0.05) is 12.1 Å². The van der Waals surface area contributed by atoms with Crippen molar-refractivity contribution in [1.82, 2.24) is 5.32 Å². The fourth-order valence-corrected chi connectivity index (χ4v) is 2.69. The van der Waals surface area contributed by atoms with E-state index in [9.17, 15) is 4.39 Å². The summed E-state index contributed by atoms with van der Waals surface area (Å²) in [7, 11) is 3.65. The maximum absolute atomic E-state index is 14.2. The lowest BCUT2D eigenvalue weighted by Gasteiger charge is -2.35. The molecule has 1 aromatic carbocycles. The van der Waals surface area contributed by atoms with Crippen molar-refractivity contribution in [3.63, 3.8) is 0 Å². The SMILES string of the molecule is CNC(C)c1cccc(F)c1N1CCC(OC)CC1. The van der Waals surface area contributed by atoms with E-state index in [2.05, 4.69) is 17.1 Å². The Morgan fingerprint density at radius 2 is 2.05 bits per heavy atom. The van der Waals surface area contributed by atoms with Crippen LogP contribution in [0.4, 0.5) is 10.1 Å². The van der Waals surface area contributed by atoms with Crippen LogP contribution in [-0.2, 0) is 4.74 Å². The van der Waals surface area contributed by atoms with E-state index in [0.29, 0.717) is 6.10 Å². The molecule has 0 radical (unpaired) electrons. The fraction of sp³-hybridized carbons (Fsp3) is 0.600. The normalized spacial score (nSPS) is 18.6. The van der Waals surface area contributed by atoms with E-state index in [1.165, 1.54) is 0 Å². The van der Waals surface area contributed by atoms with Gasteiger partial charge in [-0.15, -0.1) is 0 Å². The summed E-state index contributed by atoms with van der Waals surface area (Å²) in [4.78, 5) is 2.15. The van der Waals surface area contributed by atoms with Crippen LogP contribution in [0.3, 0.4) is 0 Å². The summed E-state index contributed by atoms with van der Waals surface area (Å²) >= 11 is 0. The third-order valence-corrected chi connectivity index (χ3v) is 4.01. The van der Waals surface area contributed by atoms with Gasteiger partial charge in [0.05, 0.1) is 11.8 Å². The molecule has 106 valence electrons. The molecule has 0 aliphatic carbocycles. The lowest BCUT2D eigenvalue weighted by atomic mass is 10.0. The lowest BCUT2D eigenvalue weighted by Crippen LogP contribution is -2.38. The molecule has 1 fully saturated rings. The first-order valence-corrected chi connectivity index (χ1v) is 6.90. The Balaban J connectivity index is 2.24. The number of ether oxygens (including phenoxy) is 1. The van der Waals surface area contributed by atoms with Gasteiger partial charge in [0.1, 0.15) is 5.82 Å². The standard InChI is InChI=1S/C15H23FN2O/c1-11(17-2)13-5-4-6-14(16)15(13)18-9-7-12(19-3)8-10-18/h4-6,11-12,17H,7-10H2,1-3H3. The summed E-state index contributed by atoms with van der Waals surface area (Å²) in [5, 5.41) is 3.19. The largest absolute Gasteiger partial charge is 0.381 e. The Kier molecular flexibility index (Phi) is 4.77. The van der Waals surface area contributed by atoms with Gasteiger partial charge in [-0.05, 0) is 38.4 Å². The summed E-state index contributed by atoms with van der Waals surface area (Å²) in [6.45, 7) is 3.76. The van der Waals surface area contributed by atoms with Crippen molar-refractivity contribution in [1.29, 1.82) is 0 Å². The number of halogens is 1. The molecule has 0 saturated carbocycles. The zero-order chi connectivity index (χ0) is 13.8. The number of para-hydroxylation sites is 1. The first-order chi connectivity index (χ1) is 9.17. The molecule has 3 nitrogen and oxygen atoms in total. The zero-order valence-electron chi connectivity index (χ0n) is 11.9. The fourth-order valence-electron chi connectivity index (χ4n) is 2.69. The highest BCUT2D eigenvalue weighted by atomic mass is 19.1. The number of rotatable bonds is 4. The molecule has 1 atom stereocenters. The predicted octanol–water partition coefficient (Wildman–Crippen LogP) is 2.72. The highest BCUT2D eigenvalue weighted by Gasteiger charge is 2.24. The second kappa shape index (κ2) is 6.35. The van der Waals surface area contributed by atoms with Crippen molar-refractivity contribution < 1.29 is 9.13 Å². The van der Waals surface area contributed by atoms with Crippen LogP contribution in [0.15, 0.2) is 18.2 Å². The van der Waals surface area contributed by atoms with Crippen molar-refractivity contribution >= 4 is 5.69 Å². The molecule has 1 aromatic rings. The number of hydrogen-bond donors (Lipinski definition) is 1. The Morgan fingerprint density at radius 3 is 2.63 bits per heavy atom. The Morgan fingerprint density at radius 1 is 1.37 bits per heavy atom. The van der Waals surface area contributed by atoms with Gasteiger partial charge < -0.3 is 15.0 Å². The average Bonchev–Trinajstić information content (AvgIpc) is 2.46. The predicted molar refractivity (Wildman–Crippen MR) is 76.1 cm³/mol. The summed E-state index contributed by atoms with van der Waals surface area (Å²) in [5.41, 5.74) is 1.78. The van der Waals surface area contributed by atoms with E-state index >= 15 is 0 Å². The van der Waals surface area contributed by atoms with Crippen molar-refractivity contribution in [2.24, 2.45) is 0 Å². The Hall–Kier alpha value is -1.13. The molecule has 0 aromatic heterocycles. The number of methoxy groups -OCH3 is 1. The number of nitrogens with zero attached hydrogens (tertiary/aromatic N) is 1. The van der Waals surface area contributed by atoms with E-state index in [-0.39, 0.29) is 11.9 Å². The molecule has 2 rings (SSSR count). The molecule has 1 aliphatic rings. The molecule has 1 unspecified atom stereocenters. The monoisotopic (exact) mass is 266 g/mol. The number of anilines is 1. The van der Waals surface area contributed by atoms with Crippen molar-refractivity contribution in [2.45, 2.75) is 31.9 Å². The van der Waals surface area contributed by atoms with Gasteiger partial charge in [-0.3, -0.25) is 0 Å². The van der Waals surface area contributed by atoms with Crippen molar-refractivity contribution in [3.05, 3.63) is 29.6 Å². The van der Waals surface area contributed by atoms with Gasteiger partial charge in [-0.2, -0.15) is 0 Å². The average molecular weight is 266 g/mol. The van der Waals surface area contributed by atoms with Crippen LogP contribution in [0, 0.1) is 5.82 Å². The highest BCUT2D eigenvalue weighted by molar-refractivity contribution is 5.56. The molecule has 1 aliphatic heterocycles. The van der Waals surface area contributed by atoms with Crippen LogP contribution < -0.4 is 10.2 Å². The highest BCUT2D eigenvalue weighted by Crippen LogP contribution is 2.31. The van der Waals surface area contributed by atoms with Gasteiger partial charge in [0.15, 0.2) is 0 Å². The van der Waals surface area contributed by atoms with Crippen LogP contribution in [0.25, 0.3) is 0 Å². The van der Waals surface area contributed by atoms with E-state index in [4.69, 9.17) is 4.74 Å². The minimum Gasteiger partial charge on any atom is -0.381 e. The quantitative estimate of drug-likeness (QED) is 0.907. The first-order valence-electron chi connectivity index (χ1n) is 6.90. The van der Waals surface area contributed by atoms with Crippen molar-refractivity contribution in [2.75, 3.05) is 32.1 Å². The zero-order valence-corrected chi connectivity index (χ0v) is 11.9. The van der Waals surface area contributed by atoms with Crippen molar-refractivity contribution in [3.8, 4) is 0 Å². The smallest absolute Gasteiger partial charge is 0.146 e. The third-order valence-electron chi connectivity index (χ3n) is 4.01. The Labute approximate surface area is 114 Å². The molecule has 1 heterocycles. The number of nitrogens with one attached hydrogen (secondary N) is 1. The van der Waals surface area contributed by atoms with Gasteiger partial charge in [0.2, 0.25) is 0 Å². The van der Waals surface area contributed by atoms with Crippen LogP contribution in [0.1, 0.15) is 31.4 Å². The van der Waals surface area contributed by atoms with E-state index in [1.54, 1.807) is 19.2 Å². The number of benzene rings is 1. The van der Waals surface area contributed by atoms with Gasteiger partial charge >= 0.3 is 0 Å². The molecule has 19 heavy (non-hydrogen) atoms. The number of piperidine rings is 1. The molecule has 0 spiro atoms. The second-order valence-corrected chi connectivity index (χ2v) is 5.11. The van der Waals surface area contributed by atoms with Crippen LogP contribution in [0.5, 0.6) is 0 Å². The van der Waals surface area contributed by atoms with Gasteiger partial charge in [0.25, 0.3) is 0 Å². The van der Waals surface area contributed by atoms with Crippen LogP contribution >= 0.6 is 0 Å².